The van der Waals surface area contributed by atoms with Crippen LogP contribution in [0.3, 0.4) is 0 Å². The molecule has 0 aromatic heterocycles. The number of aromatic carboxylic acids is 1. The highest BCUT2D eigenvalue weighted by Gasteiger charge is 2.25. The molecule has 0 bridgehead atoms. The largest absolute Gasteiger partial charge is 0.478 e. The molecule has 0 heterocycles. The number of benzene rings is 1. The molecule has 1 aromatic rings. The number of hydrogen-bond donors (Lipinski definition) is 1. The average molecular weight is 341 g/mol. The van der Waals surface area contributed by atoms with E-state index in [-0.39, 0.29) is 0 Å². The lowest BCUT2D eigenvalue weighted by atomic mass is 9.80. The van der Waals surface area contributed by atoms with Crippen LogP contribution in [0.5, 0.6) is 0 Å². The molecule has 0 spiro atoms. The summed E-state index contributed by atoms with van der Waals surface area (Å²) in [7, 11) is 0. The van der Waals surface area contributed by atoms with Crippen LogP contribution in [0.2, 0.25) is 0 Å². The Morgan fingerprint density at radius 1 is 1.35 bits per heavy atom. The quantitative estimate of drug-likeness (QED) is 0.878. The van der Waals surface area contributed by atoms with Crippen molar-refractivity contribution in [3.05, 3.63) is 33.8 Å². The van der Waals surface area contributed by atoms with E-state index in [9.17, 15) is 4.79 Å². The molecule has 1 N–H and O–H groups in total. The van der Waals surface area contributed by atoms with Gasteiger partial charge in [-0.3, -0.25) is 0 Å². The molecule has 1 fully saturated rings. The summed E-state index contributed by atoms with van der Waals surface area (Å²) in [6, 6.07) is 5.08. The fourth-order valence-electron chi connectivity index (χ4n) is 2.65. The molecule has 3 atom stereocenters. The van der Waals surface area contributed by atoms with Crippen molar-refractivity contribution in [2.45, 2.75) is 45.8 Å². The Balaban J connectivity index is 1.93. The first-order valence-corrected chi connectivity index (χ1v) is 7.90. The Labute approximate surface area is 128 Å². The van der Waals surface area contributed by atoms with E-state index in [1.54, 1.807) is 12.1 Å². The van der Waals surface area contributed by atoms with E-state index in [1.165, 1.54) is 6.42 Å². The topological polar surface area (TPSA) is 46.5 Å². The summed E-state index contributed by atoms with van der Waals surface area (Å²) in [5.74, 6) is 0.594. The van der Waals surface area contributed by atoms with Crippen LogP contribution in [-0.4, -0.2) is 17.2 Å². The van der Waals surface area contributed by atoms with Crippen LogP contribution in [0, 0.1) is 11.8 Å². The van der Waals surface area contributed by atoms with Crippen molar-refractivity contribution in [3.8, 4) is 0 Å². The Hall–Kier alpha value is -0.870. The smallest absolute Gasteiger partial charge is 0.335 e. The van der Waals surface area contributed by atoms with Crippen LogP contribution in [-0.2, 0) is 11.3 Å². The van der Waals surface area contributed by atoms with E-state index in [0.717, 1.165) is 28.8 Å². The minimum atomic E-state index is -0.909. The highest BCUT2D eigenvalue weighted by molar-refractivity contribution is 9.10. The van der Waals surface area contributed by atoms with Gasteiger partial charge in [0, 0.05) is 4.47 Å². The molecule has 1 aliphatic rings. The van der Waals surface area contributed by atoms with Gasteiger partial charge < -0.3 is 9.84 Å². The number of rotatable bonds is 4. The maximum absolute atomic E-state index is 10.9. The second kappa shape index (κ2) is 6.72. The average Bonchev–Trinajstić information content (AvgIpc) is 2.41. The molecular formula is C16H21BrO3. The Morgan fingerprint density at radius 2 is 2.10 bits per heavy atom. The van der Waals surface area contributed by atoms with Gasteiger partial charge in [0.15, 0.2) is 0 Å². The van der Waals surface area contributed by atoms with E-state index >= 15 is 0 Å². The number of ether oxygens (including phenoxy) is 1. The monoisotopic (exact) mass is 340 g/mol. The molecule has 2 rings (SSSR count). The summed E-state index contributed by atoms with van der Waals surface area (Å²) in [4.78, 5) is 10.9. The number of carbonyl (C=O) groups is 1. The SMILES string of the molecule is CC1CCC(OCc2ccc(C(=O)O)cc2Br)CC1C. The second-order valence-electron chi connectivity index (χ2n) is 5.81. The zero-order valence-corrected chi connectivity index (χ0v) is 13.5. The number of hydrogen-bond acceptors (Lipinski definition) is 2. The Kier molecular flexibility index (Phi) is 5.22. The van der Waals surface area contributed by atoms with Gasteiger partial charge in [-0.2, -0.15) is 0 Å². The van der Waals surface area contributed by atoms with E-state index in [0.29, 0.717) is 24.2 Å². The molecule has 0 radical (unpaired) electrons. The predicted octanol–water partition coefficient (Wildman–Crippen LogP) is 4.49. The van der Waals surface area contributed by atoms with Crippen LogP contribution in [0.1, 0.15) is 49.0 Å². The van der Waals surface area contributed by atoms with Crippen molar-refractivity contribution < 1.29 is 14.6 Å². The number of halogens is 1. The lowest BCUT2D eigenvalue weighted by molar-refractivity contribution is -0.00767. The standard InChI is InChI=1S/C16H21BrO3/c1-10-3-6-14(7-11(10)2)20-9-13-5-4-12(16(18)19)8-15(13)17/h4-5,8,10-11,14H,3,6-7,9H2,1-2H3,(H,18,19). The molecule has 0 amide bonds. The second-order valence-corrected chi connectivity index (χ2v) is 6.67. The third kappa shape index (κ3) is 3.83. The first kappa shape index (κ1) is 15.5. The molecule has 3 nitrogen and oxygen atoms in total. The van der Waals surface area contributed by atoms with Crippen molar-refractivity contribution in [3.63, 3.8) is 0 Å². The van der Waals surface area contributed by atoms with Crippen molar-refractivity contribution in [1.29, 1.82) is 0 Å². The van der Waals surface area contributed by atoms with Gasteiger partial charge in [-0.05, 0) is 48.8 Å². The Bertz CT molecular complexity index is 487. The zero-order chi connectivity index (χ0) is 14.7. The summed E-state index contributed by atoms with van der Waals surface area (Å²) in [5, 5.41) is 8.94. The third-order valence-corrected chi connectivity index (χ3v) is 5.06. The minimum Gasteiger partial charge on any atom is -0.478 e. The molecule has 4 heteroatoms. The van der Waals surface area contributed by atoms with Gasteiger partial charge in [-0.25, -0.2) is 4.79 Å². The summed E-state index contributed by atoms with van der Waals surface area (Å²) in [6.45, 7) is 5.13. The first-order chi connectivity index (χ1) is 9.47. The molecule has 20 heavy (non-hydrogen) atoms. The van der Waals surface area contributed by atoms with Gasteiger partial charge in [0.2, 0.25) is 0 Å². The van der Waals surface area contributed by atoms with Crippen LogP contribution in [0.4, 0.5) is 0 Å². The van der Waals surface area contributed by atoms with Gasteiger partial charge in [0.25, 0.3) is 0 Å². The molecule has 3 unspecified atom stereocenters. The van der Waals surface area contributed by atoms with Gasteiger partial charge >= 0.3 is 5.97 Å². The van der Waals surface area contributed by atoms with Gasteiger partial charge in [-0.1, -0.05) is 35.8 Å². The van der Waals surface area contributed by atoms with Crippen molar-refractivity contribution in [2.24, 2.45) is 11.8 Å². The van der Waals surface area contributed by atoms with Crippen molar-refractivity contribution in [2.75, 3.05) is 0 Å². The fraction of sp³-hybridized carbons (Fsp3) is 0.562. The predicted molar refractivity (Wildman–Crippen MR) is 81.9 cm³/mol. The third-order valence-electron chi connectivity index (χ3n) is 4.32. The summed E-state index contributed by atoms with van der Waals surface area (Å²) < 4.78 is 6.79. The molecule has 1 aliphatic carbocycles. The maximum atomic E-state index is 10.9. The maximum Gasteiger partial charge on any atom is 0.335 e. The number of carboxylic acid groups (broad SMARTS) is 1. The normalized spacial score (nSPS) is 26.4. The van der Waals surface area contributed by atoms with Gasteiger partial charge in [0.05, 0.1) is 18.3 Å². The van der Waals surface area contributed by atoms with E-state index in [2.05, 4.69) is 29.8 Å². The molecular weight excluding hydrogens is 320 g/mol. The highest BCUT2D eigenvalue weighted by Crippen LogP contribution is 2.31. The lowest BCUT2D eigenvalue weighted by Gasteiger charge is -2.32. The fourth-order valence-corrected chi connectivity index (χ4v) is 3.15. The van der Waals surface area contributed by atoms with Crippen LogP contribution in [0.15, 0.2) is 22.7 Å². The van der Waals surface area contributed by atoms with E-state index in [4.69, 9.17) is 9.84 Å². The zero-order valence-electron chi connectivity index (χ0n) is 11.9. The Morgan fingerprint density at radius 3 is 2.70 bits per heavy atom. The highest BCUT2D eigenvalue weighted by atomic mass is 79.9. The molecule has 0 saturated heterocycles. The molecule has 110 valence electrons. The van der Waals surface area contributed by atoms with Gasteiger partial charge in [0.1, 0.15) is 0 Å². The lowest BCUT2D eigenvalue weighted by Crippen LogP contribution is -2.26. The molecule has 1 aromatic carbocycles. The summed E-state index contributed by atoms with van der Waals surface area (Å²) in [5.41, 5.74) is 1.29. The van der Waals surface area contributed by atoms with Crippen LogP contribution >= 0.6 is 15.9 Å². The first-order valence-electron chi connectivity index (χ1n) is 7.10. The van der Waals surface area contributed by atoms with E-state index in [1.807, 2.05) is 6.07 Å². The molecule has 0 aliphatic heterocycles. The van der Waals surface area contributed by atoms with E-state index < -0.39 is 5.97 Å². The van der Waals surface area contributed by atoms with Crippen molar-refractivity contribution in [1.82, 2.24) is 0 Å². The molecule has 1 saturated carbocycles. The van der Waals surface area contributed by atoms with Crippen LogP contribution in [0.25, 0.3) is 0 Å². The van der Waals surface area contributed by atoms with Crippen molar-refractivity contribution >= 4 is 21.9 Å². The van der Waals surface area contributed by atoms with Crippen LogP contribution < -0.4 is 0 Å². The minimum absolute atomic E-state index is 0.292. The summed E-state index contributed by atoms with van der Waals surface area (Å²) >= 11 is 3.42. The summed E-state index contributed by atoms with van der Waals surface area (Å²) in [6.07, 6.45) is 3.79. The van der Waals surface area contributed by atoms with Gasteiger partial charge in [-0.15, -0.1) is 0 Å². The number of carboxylic acids is 1.